The summed E-state index contributed by atoms with van der Waals surface area (Å²) >= 11 is 0. The van der Waals surface area contributed by atoms with Gasteiger partial charge in [0.15, 0.2) is 8.32 Å². The van der Waals surface area contributed by atoms with E-state index < -0.39 is 14.4 Å². The zero-order chi connectivity index (χ0) is 31.2. The molecule has 2 aromatic carbocycles. The number of benzene rings is 2. The molecule has 0 radical (unpaired) electrons. The molecule has 1 fully saturated rings. The number of rotatable bonds is 13. The summed E-state index contributed by atoms with van der Waals surface area (Å²) in [6, 6.07) is 14.9. The van der Waals surface area contributed by atoms with Crippen LogP contribution in [0.15, 0.2) is 54.6 Å². The molecule has 2 aliphatic carbocycles. The van der Waals surface area contributed by atoms with Crippen LogP contribution in [0.3, 0.4) is 0 Å². The lowest BCUT2D eigenvalue weighted by molar-refractivity contribution is -0.140. The van der Waals surface area contributed by atoms with E-state index in [4.69, 9.17) is 18.6 Å². The van der Waals surface area contributed by atoms with Crippen LogP contribution in [0.25, 0.3) is 0 Å². The number of carbonyl (C=O) groups excluding carboxylic acids is 1. The Balaban J connectivity index is 1.50. The second-order valence-electron chi connectivity index (χ2n) is 13.7. The van der Waals surface area contributed by atoms with Crippen LogP contribution < -0.4 is 4.74 Å². The Bertz CT molecular complexity index is 1230. The van der Waals surface area contributed by atoms with E-state index in [1.54, 1.807) is 7.11 Å². The topological polar surface area (TPSA) is 74.2 Å². The van der Waals surface area contributed by atoms with Gasteiger partial charge in [0, 0.05) is 12.3 Å². The van der Waals surface area contributed by atoms with Crippen LogP contribution in [0.1, 0.15) is 93.6 Å². The second kappa shape index (κ2) is 14.6. The zero-order valence-corrected chi connectivity index (χ0v) is 28.2. The number of carbonyl (C=O) groups is 1. The number of hydrogen-bond donors (Lipinski definition) is 1. The van der Waals surface area contributed by atoms with Gasteiger partial charge >= 0.3 is 5.97 Å². The first-order valence-electron chi connectivity index (χ1n) is 15.9. The summed E-state index contributed by atoms with van der Waals surface area (Å²) in [6.45, 7) is 12.0. The number of allylic oxidation sites excluding steroid dienone is 2. The first-order chi connectivity index (χ1) is 20.4. The van der Waals surface area contributed by atoms with Gasteiger partial charge in [0.25, 0.3) is 0 Å². The van der Waals surface area contributed by atoms with Crippen molar-refractivity contribution in [2.75, 3.05) is 14.2 Å². The number of aryl methyl sites for hydroxylation is 1. The van der Waals surface area contributed by atoms with E-state index in [2.05, 4.69) is 76.3 Å². The van der Waals surface area contributed by atoms with Crippen LogP contribution in [0, 0.1) is 5.92 Å². The first kappa shape index (κ1) is 33.4. The highest BCUT2D eigenvalue weighted by Crippen LogP contribution is 2.49. The Morgan fingerprint density at radius 3 is 2.49 bits per heavy atom. The summed E-state index contributed by atoms with van der Waals surface area (Å²) in [5.41, 5.74) is 5.03. The Morgan fingerprint density at radius 2 is 1.81 bits per heavy atom. The zero-order valence-electron chi connectivity index (χ0n) is 27.2. The number of hydrogen-bond acceptors (Lipinski definition) is 6. The minimum atomic E-state index is -2.05. The molecule has 5 atom stereocenters. The maximum atomic E-state index is 11.4. The van der Waals surface area contributed by atoms with Crippen LogP contribution in [0.2, 0.25) is 18.1 Å². The van der Waals surface area contributed by atoms with E-state index >= 15 is 0 Å². The molecule has 6 nitrogen and oxygen atoms in total. The SMILES string of the molecule is COC(=O)CCCC=CC[C@@H]1[C@@H](c2ccc3c(c2)CCC3OCc2ccc(OC)cc2)[C@H](O[Si](C)(C)C(C)(C)C)C[C@@H]1O. The molecule has 0 aliphatic heterocycles. The number of esters is 1. The molecule has 2 aromatic rings. The van der Waals surface area contributed by atoms with Gasteiger partial charge < -0.3 is 23.7 Å². The maximum absolute atomic E-state index is 11.4. The summed E-state index contributed by atoms with van der Waals surface area (Å²) in [5, 5.41) is 11.4. The molecule has 2 aliphatic rings. The van der Waals surface area contributed by atoms with E-state index in [0.717, 1.165) is 43.4 Å². The molecule has 1 saturated carbocycles. The molecule has 0 amide bonds. The second-order valence-corrected chi connectivity index (χ2v) is 18.5. The lowest BCUT2D eigenvalue weighted by atomic mass is 9.83. The molecule has 0 heterocycles. The maximum Gasteiger partial charge on any atom is 0.305 e. The van der Waals surface area contributed by atoms with Gasteiger partial charge in [-0.25, -0.2) is 0 Å². The van der Waals surface area contributed by atoms with Crippen LogP contribution in [-0.2, 0) is 31.7 Å². The molecule has 236 valence electrons. The summed E-state index contributed by atoms with van der Waals surface area (Å²) in [7, 11) is 1.06. The number of aliphatic hydroxyl groups is 1. The fourth-order valence-electron chi connectivity index (χ4n) is 6.25. The van der Waals surface area contributed by atoms with Gasteiger partial charge in [-0.15, -0.1) is 0 Å². The largest absolute Gasteiger partial charge is 0.497 e. The minimum Gasteiger partial charge on any atom is -0.497 e. The molecule has 0 spiro atoms. The molecular formula is C36H52O6Si. The molecular weight excluding hydrogens is 556 g/mol. The van der Waals surface area contributed by atoms with E-state index in [1.807, 2.05) is 12.1 Å². The van der Waals surface area contributed by atoms with Gasteiger partial charge in [0.1, 0.15) is 5.75 Å². The number of fused-ring (bicyclic) bond motifs is 1. The molecule has 7 heteroatoms. The average Bonchev–Trinajstić information content (AvgIpc) is 3.51. The molecule has 0 saturated heterocycles. The standard InChI is InChI=1S/C36H52O6Si/c1-36(2,3)43(6,7)42-33-23-31(37)30(12-10-8-9-11-13-34(38)40-5)35(33)27-16-20-29-26(22-27)17-21-32(29)41-24-25-14-18-28(39-4)19-15-25/h8,10,14-16,18-20,22,30-33,35,37H,9,11-13,17,21,23-24H2,1-7H3/t30-,31-,32?,33+,35+/m0/s1. The average molecular weight is 609 g/mol. The normalized spacial score (nSPS) is 24.0. The van der Waals surface area contributed by atoms with E-state index in [1.165, 1.54) is 23.8 Å². The van der Waals surface area contributed by atoms with Gasteiger partial charge in [-0.1, -0.05) is 63.3 Å². The van der Waals surface area contributed by atoms with Crippen molar-refractivity contribution in [2.24, 2.45) is 5.92 Å². The lowest BCUT2D eigenvalue weighted by Crippen LogP contribution is -2.44. The lowest BCUT2D eigenvalue weighted by Gasteiger charge is -2.40. The molecule has 1 unspecified atom stereocenters. The third-order valence-corrected chi connectivity index (χ3v) is 14.3. The van der Waals surface area contributed by atoms with Crippen molar-refractivity contribution >= 4 is 14.3 Å². The predicted molar refractivity (Wildman–Crippen MR) is 174 cm³/mol. The van der Waals surface area contributed by atoms with Gasteiger partial charge in [-0.3, -0.25) is 4.79 Å². The number of ether oxygens (including phenoxy) is 3. The first-order valence-corrected chi connectivity index (χ1v) is 18.8. The van der Waals surface area contributed by atoms with Crippen molar-refractivity contribution in [3.8, 4) is 5.75 Å². The Morgan fingerprint density at radius 1 is 1.07 bits per heavy atom. The highest BCUT2D eigenvalue weighted by Gasteiger charge is 2.48. The fourth-order valence-corrected chi connectivity index (χ4v) is 7.60. The fraction of sp³-hybridized carbons (Fsp3) is 0.583. The quantitative estimate of drug-likeness (QED) is 0.107. The molecule has 0 aromatic heterocycles. The number of aliphatic hydroxyl groups excluding tert-OH is 1. The number of unbranched alkanes of at least 4 members (excludes halogenated alkanes) is 1. The van der Waals surface area contributed by atoms with E-state index in [9.17, 15) is 9.90 Å². The summed E-state index contributed by atoms with van der Waals surface area (Å²) in [4.78, 5) is 11.4. The summed E-state index contributed by atoms with van der Waals surface area (Å²) < 4.78 is 23.4. The molecule has 0 bridgehead atoms. The van der Waals surface area contributed by atoms with Crippen LogP contribution >= 0.6 is 0 Å². The van der Waals surface area contributed by atoms with Crippen molar-refractivity contribution in [2.45, 2.75) is 115 Å². The third-order valence-electron chi connectivity index (χ3n) is 9.82. The highest BCUT2D eigenvalue weighted by atomic mass is 28.4. The minimum absolute atomic E-state index is 0.0183. The van der Waals surface area contributed by atoms with Gasteiger partial charge in [-0.2, -0.15) is 0 Å². The summed E-state index contributed by atoms with van der Waals surface area (Å²) in [6.07, 6.45) is 9.39. The smallest absolute Gasteiger partial charge is 0.305 e. The third kappa shape index (κ3) is 8.38. The monoisotopic (exact) mass is 608 g/mol. The van der Waals surface area contributed by atoms with Crippen molar-refractivity contribution < 1.29 is 28.5 Å². The van der Waals surface area contributed by atoms with E-state index in [-0.39, 0.29) is 35.1 Å². The van der Waals surface area contributed by atoms with Gasteiger partial charge in [0.05, 0.1) is 39.1 Å². The predicted octanol–water partition coefficient (Wildman–Crippen LogP) is 8.04. The Labute approximate surface area is 259 Å². The summed E-state index contributed by atoms with van der Waals surface area (Å²) in [5.74, 6) is 0.875. The number of methoxy groups -OCH3 is 2. The van der Waals surface area contributed by atoms with Crippen LogP contribution in [0.4, 0.5) is 0 Å². The van der Waals surface area contributed by atoms with Crippen LogP contribution in [0.5, 0.6) is 5.75 Å². The Kier molecular flexibility index (Phi) is 11.3. The van der Waals surface area contributed by atoms with Crippen molar-refractivity contribution in [1.29, 1.82) is 0 Å². The van der Waals surface area contributed by atoms with Crippen LogP contribution in [-0.4, -0.2) is 45.8 Å². The molecule has 4 rings (SSSR count). The van der Waals surface area contributed by atoms with Gasteiger partial charge in [0.2, 0.25) is 0 Å². The van der Waals surface area contributed by atoms with Crippen molar-refractivity contribution in [3.05, 3.63) is 76.9 Å². The van der Waals surface area contributed by atoms with Crippen molar-refractivity contribution in [3.63, 3.8) is 0 Å². The molecule has 43 heavy (non-hydrogen) atoms. The molecule has 1 N–H and O–H groups in total. The Hall–Kier alpha value is -2.45. The van der Waals surface area contributed by atoms with Crippen molar-refractivity contribution in [1.82, 2.24) is 0 Å². The highest BCUT2D eigenvalue weighted by molar-refractivity contribution is 6.74. The van der Waals surface area contributed by atoms with Gasteiger partial charge in [-0.05, 0) is 97.0 Å². The van der Waals surface area contributed by atoms with E-state index in [0.29, 0.717) is 19.4 Å².